The van der Waals surface area contributed by atoms with Crippen molar-refractivity contribution in [1.82, 2.24) is 9.47 Å². The number of hydrogen-bond acceptors (Lipinski definition) is 5. The number of aromatic nitrogens is 1. The Kier molecular flexibility index (Phi) is 6.33. The normalized spacial score (nSPS) is 16.3. The lowest BCUT2D eigenvalue weighted by Gasteiger charge is -2.18. The van der Waals surface area contributed by atoms with Crippen molar-refractivity contribution in [2.75, 3.05) is 26.8 Å². The van der Waals surface area contributed by atoms with Crippen molar-refractivity contribution in [1.29, 1.82) is 0 Å². The van der Waals surface area contributed by atoms with Crippen LogP contribution in [0.25, 0.3) is 5.69 Å². The summed E-state index contributed by atoms with van der Waals surface area (Å²) in [5.41, 5.74) is -0.228. The van der Waals surface area contributed by atoms with Crippen LogP contribution in [0, 0.1) is 0 Å². The van der Waals surface area contributed by atoms with Crippen molar-refractivity contribution in [3.63, 3.8) is 0 Å². The van der Waals surface area contributed by atoms with E-state index < -0.39 is 11.7 Å². The molecule has 0 saturated carbocycles. The lowest BCUT2D eigenvalue weighted by Crippen LogP contribution is -2.29. The van der Waals surface area contributed by atoms with Gasteiger partial charge in [0.25, 0.3) is 0 Å². The van der Waals surface area contributed by atoms with Gasteiger partial charge in [-0.3, -0.25) is 14.3 Å². The quantitative estimate of drug-likeness (QED) is 0.754. The molecule has 1 fully saturated rings. The highest BCUT2D eigenvalue weighted by Crippen LogP contribution is 2.29. The monoisotopic (exact) mass is 415 g/mol. The van der Waals surface area contributed by atoms with E-state index in [0.717, 1.165) is 17.0 Å². The molecule has 2 aromatic rings. The maximum atomic E-state index is 12.8. The Bertz CT molecular complexity index is 884. The van der Waals surface area contributed by atoms with Crippen LogP contribution in [0.4, 0.5) is 13.2 Å². The van der Waals surface area contributed by atoms with Gasteiger partial charge in [-0.25, -0.2) is 0 Å². The molecule has 0 aliphatic carbocycles. The summed E-state index contributed by atoms with van der Waals surface area (Å²) in [4.78, 5) is 18.8. The summed E-state index contributed by atoms with van der Waals surface area (Å²) < 4.78 is 50.9. The van der Waals surface area contributed by atoms with Crippen LogP contribution in [0.2, 0.25) is 0 Å². The standard InChI is InChI=1S/C18H20F3N3O3S/c1-12(25)22-17-24(14-5-3-13(4-6-14)18(19,20)21)10-15(28-17)9-23(2)11-16-26-7-8-27-16/h3-6,10,16H,7-9,11H2,1-2H3. The third-order valence-corrected chi connectivity index (χ3v) is 4.97. The average molecular weight is 415 g/mol. The summed E-state index contributed by atoms with van der Waals surface area (Å²) in [6.07, 6.45) is -2.89. The number of alkyl halides is 3. The molecule has 6 nitrogen and oxygen atoms in total. The van der Waals surface area contributed by atoms with Gasteiger partial charge in [-0.2, -0.15) is 18.2 Å². The molecule has 3 rings (SSSR count). The van der Waals surface area contributed by atoms with E-state index in [4.69, 9.17) is 9.47 Å². The fourth-order valence-electron chi connectivity index (χ4n) is 2.77. The molecule has 0 atom stereocenters. The Labute approximate surface area is 163 Å². The Morgan fingerprint density at radius 3 is 2.50 bits per heavy atom. The minimum Gasteiger partial charge on any atom is -0.349 e. The molecule has 1 aromatic heterocycles. The van der Waals surface area contributed by atoms with E-state index >= 15 is 0 Å². The topological polar surface area (TPSA) is 56.1 Å². The number of thiazole rings is 1. The molecular weight excluding hydrogens is 395 g/mol. The van der Waals surface area contributed by atoms with Gasteiger partial charge >= 0.3 is 6.18 Å². The van der Waals surface area contributed by atoms with Crippen molar-refractivity contribution in [3.05, 3.63) is 45.7 Å². The number of ether oxygens (including phenoxy) is 2. The first kappa shape index (κ1) is 20.7. The molecule has 0 radical (unpaired) electrons. The number of hydrogen-bond donors (Lipinski definition) is 0. The van der Waals surface area contributed by atoms with E-state index in [-0.39, 0.29) is 12.2 Å². The number of halogens is 3. The Balaban J connectivity index is 1.84. The van der Waals surface area contributed by atoms with Crippen LogP contribution in [-0.2, 0) is 27.0 Å². The molecule has 10 heteroatoms. The molecule has 1 aliphatic heterocycles. The Morgan fingerprint density at radius 2 is 1.93 bits per heavy atom. The smallest absolute Gasteiger partial charge is 0.349 e. The molecule has 2 heterocycles. The second-order valence-electron chi connectivity index (χ2n) is 6.39. The summed E-state index contributed by atoms with van der Waals surface area (Å²) >= 11 is 1.31. The average Bonchev–Trinajstić information content (AvgIpc) is 3.23. The van der Waals surface area contributed by atoms with Crippen LogP contribution >= 0.6 is 11.3 Å². The number of rotatable bonds is 5. The summed E-state index contributed by atoms with van der Waals surface area (Å²) in [5.74, 6) is -0.379. The summed E-state index contributed by atoms with van der Waals surface area (Å²) in [6.45, 7) is 3.62. The maximum absolute atomic E-state index is 12.8. The fourth-order valence-corrected chi connectivity index (χ4v) is 3.88. The molecule has 0 bridgehead atoms. The molecule has 1 aromatic carbocycles. The lowest BCUT2D eigenvalue weighted by atomic mass is 10.2. The van der Waals surface area contributed by atoms with Crippen LogP contribution < -0.4 is 4.80 Å². The van der Waals surface area contributed by atoms with Gasteiger partial charge in [0.2, 0.25) is 5.91 Å². The second-order valence-corrected chi connectivity index (χ2v) is 7.49. The van der Waals surface area contributed by atoms with Crippen molar-refractivity contribution < 1.29 is 27.4 Å². The van der Waals surface area contributed by atoms with E-state index in [1.807, 2.05) is 11.9 Å². The fraction of sp³-hybridized carbons (Fsp3) is 0.444. The predicted molar refractivity (Wildman–Crippen MR) is 96.9 cm³/mol. The first-order valence-electron chi connectivity index (χ1n) is 8.58. The van der Waals surface area contributed by atoms with Crippen molar-refractivity contribution in [3.8, 4) is 5.69 Å². The highest BCUT2D eigenvalue weighted by molar-refractivity contribution is 7.09. The first-order chi connectivity index (χ1) is 13.2. The van der Waals surface area contributed by atoms with Crippen molar-refractivity contribution in [2.45, 2.75) is 25.9 Å². The molecule has 1 aliphatic rings. The van der Waals surface area contributed by atoms with E-state index in [9.17, 15) is 18.0 Å². The van der Waals surface area contributed by atoms with Gasteiger partial charge in [0.05, 0.1) is 18.8 Å². The third-order valence-electron chi connectivity index (χ3n) is 4.00. The largest absolute Gasteiger partial charge is 0.416 e. The van der Waals surface area contributed by atoms with Gasteiger partial charge in [-0.05, 0) is 31.3 Å². The van der Waals surface area contributed by atoms with E-state index in [2.05, 4.69) is 4.99 Å². The number of amides is 1. The molecule has 0 unspecified atom stereocenters. The molecule has 0 N–H and O–H groups in total. The van der Waals surface area contributed by atoms with Crippen LogP contribution in [0.3, 0.4) is 0 Å². The van der Waals surface area contributed by atoms with E-state index in [0.29, 0.717) is 36.8 Å². The molecular formula is C18H20F3N3O3S. The Hall–Kier alpha value is -2.01. The van der Waals surface area contributed by atoms with Crippen LogP contribution in [-0.4, -0.2) is 48.5 Å². The zero-order valence-electron chi connectivity index (χ0n) is 15.4. The number of likely N-dealkylation sites (N-methyl/N-ethyl adjacent to an activating group) is 1. The minimum absolute atomic E-state index is 0.270. The van der Waals surface area contributed by atoms with E-state index in [1.165, 1.54) is 30.4 Å². The van der Waals surface area contributed by atoms with Gasteiger partial charge in [-0.15, -0.1) is 0 Å². The minimum atomic E-state index is -4.40. The number of benzene rings is 1. The van der Waals surface area contributed by atoms with Gasteiger partial charge in [0.1, 0.15) is 0 Å². The molecule has 152 valence electrons. The number of carbonyl (C=O) groups excluding carboxylic acids is 1. The van der Waals surface area contributed by atoms with Crippen LogP contribution in [0.5, 0.6) is 0 Å². The van der Waals surface area contributed by atoms with Crippen molar-refractivity contribution >= 4 is 17.2 Å². The number of nitrogens with zero attached hydrogens (tertiary/aromatic N) is 3. The molecule has 0 spiro atoms. The Morgan fingerprint density at radius 1 is 1.29 bits per heavy atom. The van der Waals surface area contributed by atoms with Crippen LogP contribution in [0.15, 0.2) is 35.5 Å². The SMILES string of the molecule is CC(=O)N=c1sc(CN(C)CC2OCCO2)cn1-c1ccc(C(F)(F)F)cc1. The highest BCUT2D eigenvalue weighted by Gasteiger charge is 2.30. The predicted octanol–water partition coefficient (Wildman–Crippen LogP) is 2.81. The summed E-state index contributed by atoms with van der Waals surface area (Å²) in [5, 5.41) is 0. The van der Waals surface area contributed by atoms with Gasteiger partial charge in [-0.1, -0.05) is 11.3 Å². The summed E-state index contributed by atoms with van der Waals surface area (Å²) in [7, 11) is 1.91. The van der Waals surface area contributed by atoms with Crippen molar-refractivity contribution in [2.24, 2.45) is 4.99 Å². The summed E-state index contributed by atoms with van der Waals surface area (Å²) in [6, 6.07) is 4.75. The maximum Gasteiger partial charge on any atom is 0.416 e. The van der Waals surface area contributed by atoms with Crippen LogP contribution in [0.1, 0.15) is 17.4 Å². The van der Waals surface area contributed by atoms with E-state index in [1.54, 1.807) is 10.8 Å². The zero-order valence-corrected chi connectivity index (χ0v) is 16.2. The zero-order chi connectivity index (χ0) is 20.3. The van der Waals surface area contributed by atoms with Gasteiger partial charge < -0.3 is 9.47 Å². The first-order valence-corrected chi connectivity index (χ1v) is 9.40. The number of carbonyl (C=O) groups is 1. The second kappa shape index (κ2) is 8.56. The third kappa shape index (κ3) is 5.28. The highest BCUT2D eigenvalue weighted by atomic mass is 32.1. The molecule has 1 saturated heterocycles. The molecule has 1 amide bonds. The lowest BCUT2D eigenvalue weighted by molar-refractivity contribution is -0.137. The van der Waals surface area contributed by atoms with Gasteiger partial charge in [0.15, 0.2) is 11.1 Å². The molecule has 28 heavy (non-hydrogen) atoms. The van der Waals surface area contributed by atoms with Gasteiger partial charge in [0, 0.05) is 36.8 Å².